The maximum atomic E-state index is 9.50. The Morgan fingerprint density at radius 3 is 2.12 bits per heavy atom. The van der Waals surface area contributed by atoms with Crippen molar-refractivity contribution in [1.29, 1.82) is 0 Å². The molecule has 0 spiro atoms. The SMILES string of the molecule is C=C/C=C(\C=NC)N(/C(C)=C/C=C\C)c1ccc(C)cc1.CC.CF. The Balaban J connectivity index is 0. The van der Waals surface area contributed by atoms with Crippen molar-refractivity contribution < 1.29 is 4.39 Å². The second-order valence-electron chi connectivity index (χ2n) is 4.72. The van der Waals surface area contributed by atoms with Gasteiger partial charge in [0.2, 0.25) is 0 Å². The molecule has 0 heterocycles. The first-order valence-corrected chi connectivity index (χ1v) is 8.43. The van der Waals surface area contributed by atoms with Crippen LogP contribution in [0.2, 0.25) is 0 Å². The van der Waals surface area contributed by atoms with Gasteiger partial charge in [0.25, 0.3) is 0 Å². The van der Waals surface area contributed by atoms with Gasteiger partial charge in [0, 0.05) is 24.6 Å². The van der Waals surface area contributed by atoms with Crippen LogP contribution in [0.1, 0.15) is 33.3 Å². The van der Waals surface area contributed by atoms with E-state index in [1.807, 2.05) is 45.2 Å². The van der Waals surface area contributed by atoms with Crippen LogP contribution in [0.15, 0.2) is 77.6 Å². The number of allylic oxidation sites excluding steroid dienone is 7. The van der Waals surface area contributed by atoms with E-state index in [1.54, 1.807) is 13.1 Å². The third kappa shape index (κ3) is 9.46. The van der Waals surface area contributed by atoms with Crippen molar-refractivity contribution in [2.24, 2.45) is 4.99 Å². The van der Waals surface area contributed by atoms with E-state index >= 15 is 0 Å². The molecule has 0 saturated heterocycles. The molecule has 0 unspecified atom stereocenters. The first kappa shape index (κ1) is 24.8. The average Bonchev–Trinajstić information content (AvgIpc) is 2.65. The fourth-order valence-electron chi connectivity index (χ4n) is 1.99. The maximum Gasteiger partial charge on any atom is 0.0785 e. The highest BCUT2D eigenvalue weighted by Crippen LogP contribution is 2.24. The van der Waals surface area contributed by atoms with Gasteiger partial charge >= 0.3 is 0 Å². The Bertz CT molecular complexity index is 579. The molecule has 0 aromatic heterocycles. The third-order valence-electron chi connectivity index (χ3n) is 2.98. The minimum atomic E-state index is 0.500. The number of benzene rings is 1. The molecule has 138 valence electrons. The van der Waals surface area contributed by atoms with E-state index in [9.17, 15) is 4.39 Å². The lowest BCUT2D eigenvalue weighted by molar-refractivity contribution is 0.636. The molecule has 0 bridgehead atoms. The van der Waals surface area contributed by atoms with E-state index < -0.39 is 0 Å². The smallest absolute Gasteiger partial charge is 0.0785 e. The summed E-state index contributed by atoms with van der Waals surface area (Å²) in [5.74, 6) is 0. The molecule has 0 fully saturated rings. The van der Waals surface area contributed by atoms with E-state index in [2.05, 4.69) is 60.7 Å². The predicted octanol–water partition coefficient (Wildman–Crippen LogP) is 6.66. The number of aliphatic imine (C=N–C) groups is 1. The molecule has 25 heavy (non-hydrogen) atoms. The molecular weight excluding hydrogens is 311 g/mol. The van der Waals surface area contributed by atoms with Crippen LogP contribution in [0.25, 0.3) is 0 Å². The number of hydrogen-bond donors (Lipinski definition) is 0. The first-order valence-electron chi connectivity index (χ1n) is 8.43. The van der Waals surface area contributed by atoms with E-state index in [-0.39, 0.29) is 0 Å². The highest BCUT2D eigenvalue weighted by atomic mass is 19.1. The van der Waals surface area contributed by atoms with Crippen LogP contribution in [0.3, 0.4) is 0 Å². The lowest BCUT2D eigenvalue weighted by Crippen LogP contribution is -2.21. The number of hydrogen-bond acceptors (Lipinski definition) is 2. The topological polar surface area (TPSA) is 15.6 Å². The van der Waals surface area contributed by atoms with Gasteiger partial charge in [0.05, 0.1) is 12.9 Å². The Kier molecular flexibility index (Phi) is 16.3. The summed E-state index contributed by atoms with van der Waals surface area (Å²) in [4.78, 5) is 6.31. The molecule has 1 rings (SSSR count). The average molecular weight is 345 g/mol. The van der Waals surface area contributed by atoms with Gasteiger partial charge in [-0.25, -0.2) is 0 Å². The second-order valence-corrected chi connectivity index (χ2v) is 4.72. The van der Waals surface area contributed by atoms with Gasteiger partial charge < -0.3 is 4.90 Å². The van der Waals surface area contributed by atoms with Crippen molar-refractivity contribution in [3.8, 4) is 0 Å². The lowest BCUT2D eigenvalue weighted by atomic mass is 10.2. The maximum absolute atomic E-state index is 9.50. The van der Waals surface area contributed by atoms with E-state index in [0.717, 1.165) is 17.1 Å². The van der Waals surface area contributed by atoms with Gasteiger partial charge in [0.1, 0.15) is 0 Å². The van der Waals surface area contributed by atoms with Gasteiger partial charge in [-0.15, -0.1) is 0 Å². The van der Waals surface area contributed by atoms with Crippen LogP contribution in [0, 0.1) is 6.92 Å². The molecule has 0 atom stereocenters. The summed E-state index contributed by atoms with van der Waals surface area (Å²) in [6.45, 7) is 14.0. The molecule has 0 saturated carbocycles. The van der Waals surface area contributed by atoms with Gasteiger partial charge in [0.15, 0.2) is 0 Å². The number of halogens is 1. The number of alkyl halides is 1. The van der Waals surface area contributed by atoms with Crippen LogP contribution in [-0.2, 0) is 0 Å². The molecule has 2 nitrogen and oxygen atoms in total. The molecule has 0 N–H and O–H groups in total. The summed E-state index contributed by atoms with van der Waals surface area (Å²) in [5, 5.41) is 0. The Morgan fingerprint density at radius 2 is 1.68 bits per heavy atom. The van der Waals surface area contributed by atoms with Gasteiger partial charge in [-0.05, 0) is 45.1 Å². The first-order chi connectivity index (χ1) is 12.1. The standard InChI is InChI=1S/C19H24N2.C2H6.CH3F/c1-6-8-10-17(4)21(19(9-7-2)15-20-5)18-13-11-16(3)12-14-18;2*1-2/h6-15H,2H2,1,3-5H3;1-2H3;1H3/b8-6-,17-10+,19-9+,20-15?;;. The number of rotatable bonds is 6. The molecular formula is C22H33FN2. The fraction of sp³-hybridized carbons (Fsp3) is 0.318. The summed E-state index contributed by atoms with van der Waals surface area (Å²) in [7, 11) is 2.27. The number of nitrogens with zero attached hydrogens (tertiary/aromatic N) is 2. The van der Waals surface area contributed by atoms with Gasteiger partial charge in [-0.2, -0.15) is 0 Å². The monoisotopic (exact) mass is 344 g/mol. The predicted molar refractivity (Wildman–Crippen MR) is 113 cm³/mol. The normalized spacial score (nSPS) is 11.5. The molecule has 0 aliphatic heterocycles. The second kappa shape index (κ2) is 16.4. The third-order valence-corrected chi connectivity index (χ3v) is 2.98. The van der Waals surface area contributed by atoms with Crippen LogP contribution in [0.4, 0.5) is 10.1 Å². The zero-order valence-electron chi connectivity index (χ0n) is 16.8. The van der Waals surface area contributed by atoms with Crippen molar-refractivity contribution in [2.45, 2.75) is 34.6 Å². The summed E-state index contributed by atoms with van der Waals surface area (Å²) < 4.78 is 9.50. The molecule has 0 aliphatic carbocycles. The molecule has 1 aromatic rings. The van der Waals surface area contributed by atoms with Crippen molar-refractivity contribution >= 4 is 11.9 Å². The summed E-state index contributed by atoms with van der Waals surface area (Å²) in [5.41, 5.74) is 4.44. The number of anilines is 1. The van der Waals surface area contributed by atoms with Crippen molar-refractivity contribution in [2.75, 3.05) is 19.1 Å². The van der Waals surface area contributed by atoms with E-state index in [4.69, 9.17) is 0 Å². The fourth-order valence-corrected chi connectivity index (χ4v) is 1.99. The Morgan fingerprint density at radius 1 is 1.12 bits per heavy atom. The highest BCUT2D eigenvalue weighted by molar-refractivity contribution is 5.86. The Labute approximate surface area is 153 Å². The zero-order valence-corrected chi connectivity index (χ0v) is 16.8. The van der Waals surface area contributed by atoms with Gasteiger partial charge in [-0.3, -0.25) is 9.38 Å². The number of aryl methyl sites for hydroxylation is 1. The summed E-state index contributed by atoms with van der Waals surface area (Å²) in [6.07, 6.45) is 11.7. The zero-order chi connectivity index (χ0) is 19.7. The summed E-state index contributed by atoms with van der Waals surface area (Å²) in [6, 6.07) is 8.45. The highest BCUT2D eigenvalue weighted by Gasteiger charge is 2.11. The quantitative estimate of drug-likeness (QED) is 0.416. The molecule has 0 aliphatic rings. The molecule has 1 aromatic carbocycles. The van der Waals surface area contributed by atoms with Gasteiger partial charge in [-0.1, -0.05) is 56.4 Å². The van der Waals surface area contributed by atoms with Crippen LogP contribution < -0.4 is 4.90 Å². The van der Waals surface area contributed by atoms with Crippen LogP contribution in [0.5, 0.6) is 0 Å². The van der Waals surface area contributed by atoms with Crippen molar-refractivity contribution in [1.82, 2.24) is 0 Å². The van der Waals surface area contributed by atoms with Crippen LogP contribution >= 0.6 is 0 Å². The molecule has 0 amide bonds. The minimum Gasteiger partial charge on any atom is -0.313 e. The summed E-state index contributed by atoms with van der Waals surface area (Å²) >= 11 is 0. The minimum absolute atomic E-state index is 0.500. The van der Waals surface area contributed by atoms with E-state index in [0.29, 0.717) is 7.18 Å². The molecule has 0 radical (unpaired) electrons. The van der Waals surface area contributed by atoms with Crippen molar-refractivity contribution in [3.63, 3.8) is 0 Å². The van der Waals surface area contributed by atoms with Crippen molar-refractivity contribution in [3.05, 3.63) is 78.2 Å². The van der Waals surface area contributed by atoms with E-state index in [1.165, 1.54) is 5.56 Å². The molecule has 3 heteroatoms. The largest absolute Gasteiger partial charge is 0.313 e. The Hall–Kier alpha value is -2.42. The lowest BCUT2D eigenvalue weighted by Gasteiger charge is -2.26. The van der Waals surface area contributed by atoms with Crippen LogP contribution in [-0.4, -0.2) is 20.4 Å².